The zero-order valence-electron chi connectivity index (χ0n) is 16.4. The molecule has 1 saturated heterocycles. The number of aryl methyl sites for hydroxylation is 1. The van der Waals surface area contributed by atoms with Crippen molar-refractivity contribution in [3.8, 4) is 0 Å². The van der Waals surface area contributed by atoms with Crippen molar-refractivity contribution in [3.05, 3.63) is 75.8 Å². The van der Waals surface area contributed by atoms with Crippen LogP contribution in [-0.2, 0) is 13.0 Å². The van der Waals surface area contributed by atoms with E-state index in [4.69, 9.17) is 11.6 Å². The predicted molar refractivity (Wildman–Crippen MR) is 116 cm³/mol. The fourth-order valence-electron chi connectivity index (χ4n) is 4.06. The van der Waals surface area contributed by atoms with Gasteiger partial charge in [0.05, 0.1) is 29.4 Å². The SMILES string of the molecule is O=c1c2ccc(Cl)cc2ncn1CC1(O)CCN(CCCc2ccccc2)CC1. The Balaban J connectivity index is 1.34. The summed E-state index contributed by atoms with van der Waals surface area (Å²) >= 11 is 5.98. The molecule has 0 spiro atoms. The first kappa shape index (κ1) is 20.1. The monoisotopic (exact) mass is 411 g/mol. The van der Waals surface area contributed by atoms with Crippen LogP contribution in [0.2, 0.25) is 5.02 Å². The highest BCUT2D eigenvalue weighted by Gasteiger charge is 2.33. The number of halogens is 1. The van der Waals surface area contributed by atoms with Crippen LogP contribution in [0.25, 0.3) is 10.9 Å². The lowest BCUT2D eigenvalue weighted by Gasteiger charge is -2.38. The maximum Gasteiger partial charge on any atom is 0.261 e. The number of hydrogen-bond donors (Lipinski definition) is 1. The van der Waals surface area contributed by atoms with E-state index >= 15 is 0 Å². The molecule has 1 aromatic heterocycles. The van der Waals surface area contributed by atoms with E-state index in [-0.39, 0.29) is 12.1 Å². The third-order valence-electron chi connectivity index (χ3n) is 5.82. The highest BCUT2D eigenvalue weighted by Crippen LogP contribution is 2.24. The molecule has 1 N–H and O–H groups in total. The van der Waals surface area contributed by atoms with E-state index in [1.54, 1.807) is 18.2 Å². The lowest BCUT2D eigenvalue weighted by molar-refractivity contribution is -0.0348. The normalized spacial score (nSPS) is 16.9. The van der Waals surface area contributed by atoms with Crippen LogP contribution in [0.1, 0.15) is 24.8 Å². The van der Waals surface area contributed by atoms with E-state index in [0.717, 1.165) is 32.5 Å². The van der Waals surface area contributed by atoms with Gasteiger partial charge in [-0.1, -0.05) is 41.9 Å². The molecule has 2 aromatic carbocycles. The zero-order valence-corrected chi connectivity index (χ0v) is 17.2. The van der Waals surface area contributed by atoms with E-state index in [1.807, 2.05) is 6.07 Å². The fourth-order valence-corrected chi connectivity index (χ4v) is 4.23. The molecule has 1 aliphatic rings. The fraction of sp³-hybridized carbons (Fsp3) is 0.391. The third kappa shape index (κ3) is 4.86. The molecular weight excluding hydrogens is 386 g/mol. The summed E-state index contributed by atoms with van der Waals surface area (Å²) in [6.07, 6.45) is 5.01. The van der Waals surface area contributed by atoms with Gasteiger partial charge in [-0.2, -0.15) is 0 Å². The van der Waals surface area contributed by atoms with Crippen LogP contribution in [0.3, 0.4) is 0 Å². The average Bonchev–Trinajstić information content (AvgIpc) is 2.72. The molecule has 0 atom stereocenters. The lowest BCUT2D eigenvalue weighted by atomic mass is 9.91. The van der Waals surface area contributed by atoms with Crippen molar-refractivity contribution in [2.45, 2.75) is 37.8 Å². The molecule has 3 aromatic rings. The minimum Gasteiger partial charge on any atom is -0.388 e. The van der Waals surface area contributed by atoms with Crippen LogP contribution in [0.5, 0.6) is 0 Å². The van der Waals surface area contributed by atoms with Crippen molar-refractivity contribution in [2.24, 2.45) is 0 Å². The Hall–Kier alpha value is -2.21. The molecule has 2 heterocycles. The van der Waals surface area contributed by atoms with Gasteiger partial charge in [-0.25, -0.2) is 4.98 Å². The molecule has 4 rings (SSSR count). The third-order valence-corrected chi connectivity index (χ3v) is 6.06. The van der Waals surface area contributed by atoms with Gasteiger partial charge in [0.2, 0.25) is 0 Å². The topological polar surface area (TPSA) is 58.4 Å². The minimum atomic E-state index is -0.873. The number of aliphatic hydroxyl groups is 1. The van der Waals surface area contributed by atoms with E-state index < -0.39 is 5.60 Å². The van der Waals surface area contributed by atoms with Gasteiger partial charge < -0.3 is 10.0 Å². The molecule has 0 radical (unpaired) electrons. The Morgan fingerprint density at radius 2 is 1.86 bits per heavy atom. The van der Waals surface area contributed by atoms with Gasteiger partial charge in [-0.05, 0) is 56.0 Å². The Kier molecular flexibility index (Phi) is 5.99. The zero-order chi connectivity index (χ0) is 20.3. The maximum atomic E-state index is 12.8. The van der Waals surface area contributed by atoms with Crippen LogP contribution >= 0.6 is 11.6 Å². The Labute approximate surface area is 175 Å². The number of rotatable bonds is 6. The van der Waals surface area contributed by atoms with Gasteiger partial charge >= 0.3 is 0 Å². The standard InChI is InChI=1S/C23H26ClN3O2/c24-19-8-9-20-21(15-19)25-17-27(22(20)28)16-23(29)10-13-26(14-11-23)12-4-7-18-5-2-1-3-6-18/h1-3,5-6,8-9,15,17,29H,4,7,10-14,16H2. The summed E-state index contributed by atoms with van der Waals surface area (Å²) < 4.78 is 1.53. The Bertz CT molecular complexity index is 1030. The van der Waals surface area contributed by atoms with Crippen LogP contribution in [0, 0.1) is 0 Å². The summed E-state index contributed by atoms with van der Waals surface area (Å²) in [5.41, 5.74) is 0.941. The van der Waals surface area contributed by atoms with E-state index in [9.17, 15) is 9.90 Å². The summed E-state index contributed by atoms with van der Waals surface area (Å²) in [7, 11) is 0. The molecule has 0 saturated carbocycles. The number of benzene rings is 2. The average molecular weight is 412 g/mol. The van der Waals surface area contributed by atoms with E-state index in [2.05, 4.69) is 34.1 Å². The van der Waals surface area contributed by atoms with Gasteiger partial charge in [0, 0.05) is 18.1 Å². The molecule has 29 heavy (non-hydrogen) atoms. The van der Waals surface area contributed by atoms with Gasteiger partial charge in [0.1, 0.15) is 0 Å². The largest absolute Gasteiger partial charge is 0.388 e. The first-order valence-corrected chi connectivity index (χ1v) is 10.5. The van der Waals surface area contributed by atoms with Crippen molar-refractivity contribution < 1.29 is 5.11 Å². The highest BCUT2D eigenvalue weighted by atomic mass is 35.5. The second-order valence-electron chi connectivity index (χ2n) is 7.99. The van der Waals surface area contributed by atoms with Crippen molar-refractivity contribution in [1.82, 2.24) is 14.5 Å². The quantitative estimate of drug-likeness (QED) is 0.674. The number of hydrogen-bond acceptors (Lipinski definition) is 4. The summed E-state index contributed by atoms with van der Waals surface area (Å²) in [6, 6.07) is 15.6. The van der Waals surface area contributed by atoms with Gasteiger partial charge in [-0.3, -0.25) is 9.36 Å². The van der Waals surface area contributed by atoms with E-state index in [0.29, 0.717) is 28.8 Å². The van der Waals surface area contributed by atoms with Crippen LogP contribution in [0.4, 0.5) is 0 Å². The van der Waals surface area contributed by atoms with Crippen LogP contribution < -0.4 is 5.56 Å². The van der Waals surface area contributed by atoms with Crippen molar-refractivity contribution in [3.63, 3.8) is 0 Å². The Morgan fingerprint density at radius 1 is 1.10 bits per heavy atom. The first-order valence-electron chi connectivity index (χ1n) is 10.2. The summed E-state index contributed by atoms with van der Waals surface area (Å²) in [5.74, 6) is 0. The predicted octanol–water partition coefficient (Wildman–Crippen LogP) is 3.51. The minimum absolute atomic E-state index is 0.134. The van der Waals surface area contributed by atoms with Gasteiger partial charge in [0.25, 0.3) is 5.56 Å². The molecule has 152 valence electrons. The smallest absolute Gasteiger partial charge is 0.261 e. The number of likely N-dealkylation sites (tertiary alicyclic amines) is 1. The summed E-state index contributed by atoms with van der Waals surface area (Å²) in [6.45, 7) is 2.99. The van der Waals surface area contributed by atoms with E-state index in [1.165, 1.54) is 16.5 Å². The van der Waals surface area contributed by atoms with Crippen molar-refractivity contribution in [2.75, 3.05) is 19.6 Å². The highest BCUT2D eigenvalue weighted by molar-refractivity contribution is 6.31. The van der Waals surface area contributed by atoms with Crippen molar-refractivity contribution in [1.29, 1.82) is 0 Å². The molecular formula is C23H26ClN3O2. The molecule has 0 aliphatic carbocycles. The molecule has 0 unspecified atom stereocenters. The van der Waals surface area contributed by atoms with Crippen LogP contribution in [-0.4, -0.2) is 44.8 Å². The van der Waals surface area contributed by atoms with Gasteiger partial charge in [-0.15, -0.1) is 0 Å². The molecule has 1 fully saturated rings. The maximum absolute atomic E-state index is 12.8. The molecule has 6 heteroatoms. The second-order valence-corrected chi connectivity index (χ2v) is 8.43. The molecule has 0 bridgehead atoms. The number of fused-ring (bicyclic) bond motifs is 1. The molecule has 1 aliphatic heterocycles. The number of nitrogens with zero attached hydrogens (tertiary/aromatic N) is 3. The number of aromatic nitrogens is 2. The summed E-state index contributed by atoms with van der Waals surface area (Å²) in [4.78, 5) is 19.5. The lowest BCUT2D eigenvalue weighted by Crippen LogP contribution is -2.48. The van der Waals surface area contributed by atoms with Gasteiger partial charge in [0.15, 0.2) is 0 Å². The number of piperidine rings is 1. The van der Waals surface area contributed by atoms with Crippen molar-refractivity contribution >= 4 is 22.5 Å². The molecule has 5 nitrogen and oxygen atoms in total. The van der Waals surface area contributed by atoms with Crippen LogP contribution in [0.15, 0.2) is 59.7 Å². The molecule has 0 amide bonds. The second kappa shape index (κ2) is 8.66. The first-order chi connectivity index (χ1) is 14.0. The Morgan fingerprint density at radius 3 is 2.62 bits per heavy atom. The summed E-state index contributed by atoms with van der Waals surface area (Å²) in [5, 5.41) is 12.1.